The normalized spacial score (nSPS) is 11.3. The van der Waals surface area contributed by atoms with E-state index >= 15 is 0 Å². The maximum atomic E-state index is 13.5. The van der Waals surface area contributed by atoms with Gasteiger partial charge < -0.3 is 4.90 Å². The van der Waals surface area contributed by atoms with Crippen LogP contribution in [0.4, 0.5) is 20.2 Å². The summed E-state index contributed by atoms with van der Waals surface area (Å²) in [4.78, 5) is 1.94. The van der Waals surface area contributed by atoms with Crippen molar-refractivity contribution in [2.45, 2.75) is 4.90 Å². The number of rotatable bonds is 5. The second-order valence-corrected chi connectivity index (χ2v) is 7.89. The number of nitrogens with zero attached hydrogens (tertiary/aromatic N) is 1. The summed E-state index contributed by atoms with van der Waals surface area (Å²) in [5.41, 5.74) is 2.23. The van der Waals surface area contributed by atoms with E-state index in [2.05, 4.69) is 4.72 Å². The number of benzene rings is 3. The molecule has 1 N–H and O–H groups in total. The molecule has 3 aromatic rings. The zero-order valence-electron chi connectivity index (χ0n) is 14.8. The van der Waals surface area contributed by atoms with E-state index in [0.29, 0.717) is 16.8 Å². The quantitative estimate of drug-likeness (QED) is 0.700. The molecule has 0 bridgehead atoms. The van der Waals surface area contributed by atoms with Gasteiger partial charge in [0.05, 0.1) is 4.90 Å². The number of hydrogen-bond acceptors (Lipinski definition) is 3. The van der Waals surface area contributed by atoms with E-state index in [4.69, 9.17) is 0 Å². The van der Waals surface area contributed by atoms with Gasteiger partial charge in [0, 0.05) is 25.5 Å². The van der Waals surface area contributed by atoms with Crippen LogP contribution in [0.2, 0.25) is 0 Å². The molecule has 140 valence electrons. The molecule has 0 spiro atoms. The van der Waals surface area contributed by atoms with Crippen molar-refractivity contribution in [1.29, 1.82) is 0 Å². The van der Waals surface area contributed by atoms with Crippen molar-refractivity contribution in [1.82, 2.24) is 0 Å². The van der Waals surface area contributed by atoms with E-state index in [9.17, 15) is 17.2 Å². The lowest BCUT2D eigenvalue weighted by molar-refractivity contribution is 0.509. The van der Waals surface area contributed by atoms with Gasteiger partial charge in [-0.05, 0) is 59.7 Å². The van der Waals surface area contributed by atoms with Gasteiger partial charge in [-0.1, -0.05) is 18.2 Å². The lowest BCUT2D eigenvalue weighted by Crippen LogP contribution is -2.13. The van der Waals surface area contributed by atoms with E-state index in [1.54, 1.807) is 36.4 Å². The SMILES string of the molecule is CN(C)c1ccc(NS(=O)(=O)c2cccc(-c3ccc(F)c(F)c3)c2)cc1. The van der Waals surface area contributed by atoms with Gasteiger partial charge >= 0.3 is 0 Å². The molecule has 0 radical (unpaired) electrons. The Labute approximate surface area is 157 Å². The largest absolute Gasteiger partial charge is 0.378 e. The Hall–Kier alpha value is -2.93. The summed E-state index contributed by atoms with van der Waals surface area (Å²) >= 11 is 0. The molecule has 7 heteroatoms. The van der Waals surface area contributed by atoms with Crippen LogP contribution in [0.5, 0.6) is 0 Å². The Morgan fingerprint density at radius 2 is 1.48 bits per heavy atom. The van der Waals surface area contributed by atoms with Gasteiger partial charge in [-0.15, -0.1) is 0 Å². The van der Waals surface area contributed by atoms with Gasteiger partial charge in [0.1, 0.15) is 0 Å². The van der Waals surface area contributed by atoms with Gasteiger partial charge in [-0.3, -0.25) is 4.72 Å². The van der Waals surface area contributed by atoms with Crippen LogP contribution in [0.3, 0.4) is 0 Å². The van der Waals surface area contributed by atoms with Crippen molar-refractivity contribution in [3.63, 3.8) is 0 Å². The van der Waals surface area contributed by atoms with Crippen LogP contribution in [-0.4, -0.2) is 22.5 Å². The molecule has 0 atom stereocenters. The maximum absolute atomic E-state index is 13.5. The topological polar surface area (TPSA) is 49.4 Å². The summed E-state index contributed by atoms with van der Waals surface area (Å²) in [6.45, 7) is 0. The lowest BCUT2D eigenvalue weighted by Gasteiger charge is -2.14. The molecule has 4 nitrogen and oxygen atoms in total. The zero-order chi connectivity index (χ0) is 19.6. The van der Waals surface area contributed by atoms with Gasteiger partial charge in [0.2, 0.25) is 0 Å². The van der Waals surface area contributed by atoms with Crippen LogP contribution in [0.1, 0.15) is 0 Å². The third-order valence-electron chi connectivity index (χ3n) is 4.03. The van der Waals surface area contributed by atoms with Crippen LogP contribution in [0, 0.1) is 11.6 Å². The van der Waals surface area contributed by atoms with E-state index in [0.717, 1.165) is 17.8 Å². The molecule has 0 aliphatic heterocycles. The van der Waals surface area contributed by atoms with Gasteiger partial charge in [0.15, 0.2) is 11.6 Å². The number of anilines is 2. The predicted molar refractivity (Wildman–Crippen MR) is 103 cm³/mol. The zero-order valence-corrected chi connectivity index (χ0v) is 15.6. The van der Waals surface area contributed by atoms with E-state index in [1.165, 1.54) is 18.2 Å². The minimum absolute atomic E-state index is 0.0291. The summed E-state index contributed by atoms with van der Waals surface area (Å²) < 4.78 is 54.4. The number of nitrogens with one attached hydrogen (secondary N) is 1. The smallest absolute Gasteiger partial charge is 0.261 e. The Balaban J connectivity index is 1.89. The first-order valence-electron chi connectivity index (χ1n) is 8.12. The Morgan fingerprint density at radius 1 is 0.815 bits per heavy atom. The Morgan fingerprint density at radius 3 is 2.11 bits per heavy atom. The monoisotopic (exact) mass is 388 g/mol. The van der Waals surface area contributed by atoms with E-state index in [1.807, 2.05) is 19.0 Å². The molecule has 27 heavy (non-hydrogen) atoms. The van der Waals surface area contributed by atoms with Gasteiger partial charge in [-0.25, -0.2) is 17.2 Å². The molecule has 0 unspecified atom stereocenters. The average molecular weight is 388 g/mol. The first kappa shape index (κ1) is 18.8. The Kier molecular flexibility index (Phi) is 5.14. The molecule has 0 aromatic heterocycles. The summed E-state index contributed by atoms with van der Waals surface area (Å²) in [5.74, 6) is -1.94. The second-order valence-electron chi connectivity index (χ2n) is 6.20. The van der Waals surface area contributed by atoms with Crippen LogP contribution < -0.4 is 9.62 Å². The minimum atomic E-state index is -3.83. The van der Waals surface area contributed by atoms with Gasteiger partial charge in [0.25, 0.3) is 10.0 Å². The highest BCUT2D eigenvalue weighted by molar-refractivity contribution is 7.92. The van der Waals surface area contributed by atoms with Crippen molar-refractivity contribution >= 4 is 21.4 Å². The van der Waals surface area contributed by atoms with Crippen LogP contribution >= 0.6 is 0 Å². The fraction of sp³-hybridized carbons (Fsp3) is 0.100. The van der Waals surface area contributed by atoms with E-state index in [-0.39, 0.29) is 4.90 Å². The number of sulfonamides is 1. The van der Waals surface area contributed by atoms with Crippen molar-refractivity contribution in [3.8, 4) is 11.1 Å². The molecule has 0 saturated carbocycles. The molecular weight excluding hydrogens is 370 g/mol. The third-order valence-corrected chi connectivity index (χ3v) is 5.41. The molecule has 3 rings (SSSR count). The number of hydrogen-bond donors (Lipinski definition) is 1. The summed E-state index contributed by atoms with van der Waals surface area (Å²) in [7, 11) is -0.0430. The number of halogens is 2. The summed E-state index contributed by atoms with van der Waals surface area (Å²) in [5, 5.41) is 0. The fourth-order valence-corrected chi connectivity index (χ4v) is 3.66. The van der Waals surface area contributed by atoms with Crippen molar-refractivity contribution in [3.05, 3.63) is 78.4 Å². The van der Waals surface area contributed by atoms with Crippen LogP contribution in [0.25, 0.3) is 11.1 Å². The Bertz CT molecular complexity index is 1070. The highest BCUT2D eigenvalue weighted by Gasteiger charge is 2.15. The molecule has 3 aromatic carbocycles. The molecule has 0 heterocycles. The molecule has 0 aliphatic carbocycles. The highest BCUT2D eigenvalue weighted by atomic mass is 32.2. The summed E-state index contributed by atoms with van der Waals surface area (Å²) in [6, 6.07) is 16.5. The first-order valence-corrected chi connectivity index (χ1v) is 9.60. The second kappa shape index (κ2) is 7.36. The molecule has 0 aliphatic rings. The van der Waals surface area contributed by atoms with Crippen molar-refractivity contribution < 1.29 is 17.2 Å². The van der Waals surface area contributed by atoms with Crippen molar-refractivity contribution in [2.75, 3.05) is 23.7 Å². The predicted octanol–water partition coefficient (Wildman–Crippen LogP) is 4.50. The van der Waals surface area contributed by atoms with Crippen LogP contribution in [-0.2, 0) is 10.0 Å². The standard InChI is InChI=1S/C20H18F2N2O2S/c1-24(2)17-9-7-16(8-10-17)23-27(25,26)18-5-3-4-14(12-18)15-6-11-19(21)20(22)13-15/h3-13,23H,1-2H3. The van der Waals surface area contributed by atoms with Gasteiger partial charge in [-0.2, -0.15) is 0 Å². The summed E-state index contributed by atoms with van der Waals surface area (Å²) in [6.07, 6.45) is 0. The minimum Gasteiger partial charge on any atom is -0.378 e. The highest BCUT2D eigenvalue weighted by Crippen LogP contribution is 2.25. The average Bonchev–Trinajstić information content (AvgIpc) is 2.64. The molecule has 0 saturated heterocycles. The molecular formula is C20H18F2N2O2S. The maximum Gasteiger partial charge on any atom is 0.261 e. The van der Waals surface area contributed by atoms with Crippen molar-refractivity contribution in [2.24, 2.45) is 0 Å². The molecule has 0 fully saturated rings. The lowest BCUT2D eigenvalue weighted by atomic mass is 10.1. The fourth-order valence-electron chi connectivity index (χ4n) is 2.56. The van der Waals surface area contributed by atoms with Crippen LogP contribution in [0.15, 0.2) is 71.6 Å². The van der Waals surface area contributed by atoms with E-state index < -0.39 is 21.7 Å². The first-order chi connectivity index (χ1) is 12.8. The molecule has 0 amide bonds. The third kappa shape index (κ3) is 4.25.